The van der Waals surface area contributed by atoms with Gasteiger partial charge in [0.15, 0.2) is 0 Å². The molecule has 0 radical (unpaired) electrons. The third-order valence-electron chi connectivity index (χ3n) is 3.41. The molecule has 1 amide bonds. The number of amides is 1. The minimum absolute atomic E-state index is 0.145. The monoisotopic (exact) mass is 401 g/mol. The van der Waals surface area contributed by atoms with Gasteiger partial charge in [0, 0.05) is 5.57 Å². The lowest BCUT2D eigenvalue weighted by Gasteiger charge is -2.11. The molecule has 0 aromatic heterocycles. The van der Waals surface area contributed by atoms with Gasteiger partial charge in [-0.2, -0.15) is 21.6 Å². The van der Waals surface area contributed by atoms with Crippen LogP contribution in [-0.4, -0.2) is 25.8 Å². The van der Waals surface area contributed by atoms with Crippen molar-refractivity contribution in [3.63, 3.8) is 0 Å². The summed E-state index contributed by atoms with van der Waals surface area (Å²) in [6.45, 7) is 4.91. The van der Waals surface area contributed by atoms with E-state index in [0.717, 1.165) is 4.72 Å². The molecule has 0 aliphatic heterocycles. The molecule has 0 atom stereocenters. The van der Waals surface area contributed by atoms with Crippen LogP contribution in [0, 0.1) is 0 Å². The standard InChI is InChI=1S/C17H14F3NO5S/c1-10(2)16(23)26-13-7-6-11-4-3-5-12(14(11)9-13)8-15(22)21-27(24,25)17(18,19)20/h3-7,9H,1,8H2,2H3,(H,21,22). The van der Waals surface area contributed by atoms with Gasteiger partial charge in [0.05, 0.1) is 6.42 Å². The fraction of sp³-hybridized carbons (Fsp3) is 0.176. The molecule has 144 valence electrons. The summed E-state index contributed by atoms with van der Waals surface area (Å²) in [5.41, 5.74) is -5.17. The molecule has 2 rings (SSSR count). The molecule has 0 saturated carbocycles. The Balaban J connectivity index is 2.31. The van der Waals surface area contributed by atoms with E-state index in [1.165, 1.54) is 25.1 Å². The van der Waals surface area contributed by atoms with Crippen molar-refractivity contribution in [2.24, 2.45) is 0 Å². The molecule has 0 bridgehead atoms. The number of alkyl halides is 3. The summed E-state index contributed by atoms with van der Waals surface area (Å²) in [6.07, 6.45) is -0.621. The lowest BCUT2D eigenvalue weighted by Crippen LogP contribution is -2.40. The number of rotatable bonds is 5. The first kappa shape index (κ1) is 20.4. The summed E-state index contributed by atoms with van der Waals surface area (Å²) in [5, 5.41) is 1.04. The van der Waals surface area contributed by atoms with Crippen LogP contribution in [0.15, 0.2) is 48.6 Å². The highest BCUT2D eigenvalue weighted by atomic mass is 32.2. The number of hydrogen-bond donors (Lipinski definition) is 1. The molecule has 0 aliphatic rings. The number of sulfonamides is 1. The Morgan fingerprint density at radius 2 is 1.85 bits per heavy atom. The Hall–Kier alpha value is -2.88. The number of halogens is 3. The van der Waals surface area contributed by atoms with E-state index in [4.69, 9.17) is 4.74 Å². The zero-order valence-electron chi connectivity index (χ0n) is 14.0. The van der Waals surface area contributed by atoms with Crippen LogP contribution in [0.1, 0.15) is 12.5 Å². The summed E-state index contributed by atoms with van der Waals surface area (Å²) in [6, 6.07) is 9.20. The van der Waals surface area contributed by atoms with Crippen LogP contribution in [0.4, 0.5) is 13.2 Å². The van der Waals surface area contributed by atoms with Crippen molar-refractivity contribution in [1.29, 1.82) is 0 Å². The Bertz CT molecular complexity index is 1030. The summed E-state index contributed by atoms with van der Waals surface area (Å²) in [7, 11) is -5.78. The molecular weight excluding hydrogens is 387 g/mol. The van der Waals surface area contributed by atoms with Crippen molar-refractivity contribution < 1.29 is 35.9 Å². The van der Waals surface area contributed by atoms with Gasteiger partial charge in [0.1, 0.15) is 5.75 Å². The quantitative estimate of drug-likeness (QED) is 0.473. The van der Waals surface area contributed by atoms with Gasteiger partial charge in [-0.15, -0.1) is 0 Å². The normalized spacial score (nSPS) is 11.9. The van der Waals surface area contributed by atoms with Gasteiger partial charge in [0.25, 0.3) is 0 Å². The number of hydrogen-bond acceptors (Lipinski definition) is 5. The zero-order chi connectivity index (χ0) is 20.4. The Morgan fingerprint density at radius 3 is 2.44 bits per heavy atom. The summed E-state index contributed by atoms with van der Waals surface area (Å²) in [5.74, 6) is -1.86. The van der Waals surface area contributed by atoms with Gasteiger partial charge >= 0.3 is 21.5 Å². The Morgan fingerprint density at radius 1 is 1.19 bits per heavy atom. The van der Waals surface area contributed by atoms with Crippen LogP contribution in [0.5, 0.6) is 5.75 Å². The number of carbonyl (C=O) groups is 2. The predicted octanol–water partition coefficient (Wildman–Crippen LogP) is 2.83. The molecule has 2 aromatic carbocycles. The van der Waals surface area contributed by atoms with Crippen LogP contribution in [0.3, 0.4) is 0 Å². The first-order valence-corrected chi connectivity index (χ1v) is 8.90. The van der Waals surface area contributed by atoms with Crippen molar-refractivity contribution in [2.75, 3.05) is 0 Å². The highest BCUT2D eigenvalue weighted by molar-refractivity contribution is 7.90. The third-order valence-corrected chi connectivity index (χ3v) is 4.51. The number of benzene rings is 2. The van der Waals surface area contributed by atoms with Crippen molar-refractivity contribution >= 4 is 32.7 Å². The average molecular weight is 401 g/mol. The van der Waals surface area contributed by atoms with E-state index >= 15 is 0 Å². The van der Waals surface area contributed by atoms with Gasteiger partial charge in [-0.05, 0) is 35.4 Å². The van der Waals surface area contributed by atoms with E-state index in [2.05, 4.69) is 6.58 Å². The smallest absolute Gasteiger partial charge is 0.423 e. The third kappa shape index (κ3) is 4.85. The first-order valence-electron chi connectivity index (χ1n) is 7.42. The van der Waals surface area contributed by atoms with E-state index in [9.17, 15) is 31.2 Å². The summed E-state index contributed by atoms with van der Waals surface area (Å²) in [4.78, 5) is 23.4. The molecule has 1 N–H and O–H groups in total. The molecule has 27 heavy (non-hydrogen) atoms. The molecular formula is C17H14F3NO5S. The van der Waals surface area contributed by atoms with Crippen LogP contribution >= 0.6 is 0 Å². The van der Waals surface area contributed by atoms with E-state index in [1.54, 1.807) is 18.2 Å². The molecule has 0 heterocycles. The fourth-order valence-electron chi connectivity index (χ4n) is 2.15. The van der Waals surface area contributed by atoms with Gasteiger partial charge in [-0.1, -0.05) is 30.8 Å². The zero-order valence-corrected chi connectivity index (χ0v) is 14.8. The average Bonchev–Trinajstić information content (AvgIpc) is 2.53. The fourth-order valence-corrected chi connectivity index (χ4v) is 2.63. The maximum absolute atomic E-state index is 12.4. The molecule has 0 unspecified atom stereocenters. The van der Waals surface area contributed by atoms with Gasteiger partial charge in [-0.25, -0.2) is 9.52 Å². The van der Waals surface area contributed by atoms with Gasteiger partial charge in [-0.3, -0.25) is 4.79 Å². The predicted molar refractivity (Wildman–Crippen MR) is 91.2 cm³/mol. The Kier molecular flexibility index (Phi) is 5.59. The SMILES string of the molecule is C=C(C)C(=O)Oc1ccc2cccc(CC(=O)NS(=O)(=O)C(F)(F)F)c2c1. The molecule has 0 spiro atoms. The summed E-state index contributed by atoms with van der Waals surface area (Å²) >= 11 is 0. The molecule has 0 saturated heterocycles. The van der Waals surface area contributed by atoms with Crippen LogP contribution in [-0.2, 0) is 26.0 Å². The van der Waals surface area contributed by atoms with Crippen LogP contribution < -0.4 is 9.46 Å². The number of ether oxygens (including phenoxy) is 1. The summed E-state index contributed by atoms with van der Waals surface area (Å²) < 4.78 is 65.2. The van der Waals surface area contributed by atoms with Gasteiger partial charge < -0.3 is 4.74 Å². The highest BCUT2D eigenvalue weighted by Gasteiger charge is 2.46. The second-order valence-corrected chi connectivity index (χ2v) is 7.30. The van der Waals surface area contributed by atoms with Crippen molar-refractivity contribution in [2.45, 2.75) is 18.9 Å². The number of fused-ring (bicyclic) bond motifs is 1. The highest BCUT2D eigenvalue weighted by Crippen LogP contribution is 2.26. The minimum atomic E-state index is -5.78. The maximum atomic E-state index is 12.4. The molecule has 0 aliphatic carbocycles. The topological polar surface area (TPSA) is 89.5 Å². The van der Waals surface area contributed by atoms with Crippen LogP contribution in [0.2, 0.25) is 0 Å². The van der Waals surface area contributed by atoms with Gasteiger partial charge in [0.2, 0.25) is 5.91 Å². The second kappa shape index (κ2) is 7.39. The molecule has 6 nitrogen and oxygen atoms in total. The second-order valence-electron chi connectivity index (χ2n) is 5.62. The number of esters is 1. The molecule has 0 fully saturated rings. The minimum Gasteiger partial charge on any atom is -0.423 e. The first-order chi connectivity index (χ1) is 12.4. The van der Waals surface area contributed by atoms with E-state index in [-0.39, 0.29) is 16.9 Å². The van der Waals surface area contributed by atoms with E-state index < -0.39 is 33.8 Å². The Labute approximate surface area is 152 Å². The van der Waals surface area contributed by atoms with E-state index in [0.29, 0.717) is 10.8 Å². The largest absolute Gasteiger partial charge is 0.516 e. The maximum Gasteiger partial charge on any atom is 0.516 e. The lowest BCUT2D eigenvalue weighted by molar-refractivity contribution is -0.130. The van der Waals surface area contributed by atoms with Crippen LogP contribution in [0.25, 0.3) is 10.8 Å². The molecule has 2 aromatic rings. The number of nitrogens with one attached hydrogen (secondary N) is 1. The lowest BCUT2D eigenvalue weighted by atomic mass is 10.0. The van der Waals surface area contributed by atoms with E-state index in [1.807, 2.05) is 0 Å². The molecule has 10 heteroatoms. The van der Waals surface area contributed by atoms with Crippen molar-refractivity contribution in [3.8, 4) is 5.75 Å². The number of carbonyl (C=O) groups excluding carboxylic acids is 2. The van der Waals surface area contributed by atoms with Crippen molar-refractivity contribution in [1.82, 2.24) is 4.72 Å². The van der Waals surface area contributed by atoms with Crippen molar-refractivity contribution in [3.05, 3.63) is 54.1 Å².